The molecule has 1 aliphatic rings. The molecule has 1 atom stereocenters. The largest absolute Gasteiger partial charge is 0.388 e. The number of benzene rings is 1. The minimum absolute atomic E-state index is 0.261. The van der Waals surface area contributed by atoms with Crippen molar-refractivity contribution in [3.05, 3.63) is 35.4 Å². The van der Waals surface area contributed by atoms with Gasteiger partial charge in [0.2, 0.25) is 0 Å². The maximum Gasteiger partial charge on any atom is 0.0815 e. The van der Waals surface area contributed by atoms with E-state index in [0.717, 1.165) is 12.8 Å². The van der Waals surface area contributed by atoms with Crippen LogP contribution in [0.3, 0.4) is 0 Å². The predicted molar refractivity (Wildman–Crippen MR) is 72.6 cm³/mol. The van der Waals surface area contributed by atoms with Gasteiger partial charge < -0.3 is 15.2 Å². The molecule has 3 nitrogen and oxygen atoms in total. The number of nitrogens with one attached hydrogen (secondary N) is 1. The van der Waals surface area contributed by atoms with E-state index in [1.807, 2.05) is 0 Å². The van der Waals surface area contributed by atoms with Gasteiger partial charge in [-0.3, -0.25) is 0 Å². The van der Waals surface area contributed by atoms with Gasteiger partial charge in [0.1, 0.15) is 0 Å². The van der Waals surface area contributed by atoms with Gasteiger partial charge in [0.15, 0.2) is 0 Å². The molecule has 1 heterocycles. The van der Waals surface area contributed by atoms with Gasteiger partial charge in [0, 0.05) is 38.6 Å². The van der Waals surface area contributed by atoms with Crippen LogP contribution < -0.4 is 5.32 Å². The van der Waals surface area contributed by atoms with Crippen molar-refractivity contribution in [1.29, 1.82) is 0 Å². The van der Waals surface area contributed by atoms with Gasteiger partial charge in [-0.15, -0.1) is 0 Å². The molecule has 1 aromatic rings. The van der Waals surface area contributed by atoms with E-state index in [1.165, 1.54) is 11.1 Å². The van der Waals surface area contributed by atoms with E-state index in [0.29, 0.717) is 19.8 Å². The summed E-state index contributed by atoms with van der Waals surface area (Å²) < 4.78 is 5.28. The molecule has 1 aromatic carbocycles. The number of rotatable bonds is 4. The van der Waals surface area contributed by atoms with Crippen molar-refractivity contribution in [3.8, 4) is 0 Å². The molecular weight excluding hydrogens is 226 g/mol. The summed E-state index contributed by atoms with van der Waals surface area (Å²) in [4.78, 5) is 0. The number of hydrogen-bond acceptors (Lipinski definition) is 3. The average molecular weight is 249 g/mol. The number of ether oxygens (including phenoxy) is 1. The molecule has 1 saturated heterocycles. The van der Waals surface area contributed by atoms with Crippen LogP contribution in [0.1, 0.15) is 36.9 Å². The molecule has 1 unspecified atom stereocenters. The van der Waals surface area contributed by atoms with Crippen molar-refractivity contribution in [2.75, 3.05) is 19.8 Å². The van der Waals surface area contributed by atoms with E-state index in [1.54, 1.807) is 0 Å². The van der Waals surface area contributed by atoms with Crippen LogP contribution in [0.15, 0.2) is 24.3 Å². The first-order valence-electron chi connectivity index (χ1n) is 6.69. The Morgan fingerprint density at radius 1 is 1.39 bits per heavy atom. The zero-order valence-corrected chi connectivity index (χ0v) is 11.3. The molecule has 2 N–H and O–H groups in total. The van der Waals surface area contributed by atoms with E-state index >= 15 is 0 Å². The summed E-state index contributed by atoms with van der Waals surface area (Å²) in [5.74, 6) is 0. The van der Waals surface area contributed by atoms with Crippen LogP contribution in [0.2, 0.25) is 0 Å². The monoisotopic (exact) mass is 249 g/mol. The van der Waals surface area contributed by atoms with Crippen LogP contribution in [0.5, 0.6) is 0 Å². The Bertz CT molecular complexity index is 386. The second-order valence-corrected chi connectivity index (χ2v) is 5.35. The fourth-order valence-corrected chi connectivity index (χ4v) is 2.33. The van der Waals surface area contributed by atoms with Crippen LogP contribution in [0, 0.1) is 6.92 Å². The second-order valence-electron chi connectivity index (χ2n) is 5.35. The molecule has 2 rings (SSSR count). The smallest absolute Gasteiger partial charge is 0.0815 e. The highest BCUT2D eigenvalue weighted by atomic mass is 16.5. The Morgan fingerprint density at radius 2 is 2.11 bits per heavy atom. The summed E-state index contributed by atoms with van der Waals surface area (Å²) in [6, 6.07) is 8.75. The highest BCUT2D eigenvalue weighted by Gasteiger charge is 2.29. The zero-order chi connectivity index (χ0) is 13.0. The normalized spacial score (nSPS) is 20.6. The van der Waals surface area contributed by atoms with Gasteiger partial charge in [-0.25, -0.2) is 0 Å². The number of hydrogen-bond donors (Lipinski definition) is 2. The van der Waals surface area contributed by atoms with Crippen molar-refractivity contribution in [1.82, 2.24) is 5.32 Å². The molecule has 0 bridgehead atoms. The maximum absolute atomic E-state index is 10.4. The summed E-state index contributed by atoms with van der Waals surface area (Å²) >= 11 is 0. The Kier molecular flexibility index (Phi) is 4.38. The van der Waals surface area contributed by atoms with Crippen LogP contribution in [0.25, 0.3) is 0 Å². The van der Waals surface area contributed by atoms with Crippen molar-refractivity contribution in [2.45, 2.75) is 38.3 Å². The number of aryl methyl sites for hydroxylation is 1. The van der Waals surface area contributed by atoms with E-state index in [4.69, 9.17) is 4.74 Å². The molecule has 3 heteroatoms. The third kappa shape index (κ3) is 3.55. The molecule has 1 fully saturated rings. The topological polar surface area (TPSA) is 41.5 Å². The van der Waals surface area contributed by atoms with Crippen LogP contribution in [-0.4, -0.2) is 30.5 Å². The van der Waals surface area contributed by atoms with E-state index in [2.05, 4.69) is 43.4 Å². The summed E-state index contributed by atoms with van der Waals surface area (Å²) in [6.07, 6.45) is 1.45. The first-order chi connectivity index (χ1) is 8.59. The molecule has 1 aliphatic heterocycles. The van der Waals surface area contributed by atoms with Gasteiger partial charge in [-0.05, 0) is 19.4 Å². The Balaban J connectivity index is 1.89. The van der Waals surface area contributed by atoms with E-state index < -0.39 is 5.60 Å². The van der Waals surface area contributed by atoms with Gasteiger partial charge in [0.25, 0.3) is 0 Å². The lowest BCUT2D eigenvalue weighted by Crippen LogP contribution is -2.45. The lowest BCUT2D eigenvalue weighted by atomic mass is 9.93. The SMILES string of the molecule is Cc1cccc(C(C)NCC2(O)CCOCC2)c1. The van der Waals surface area contributed by atoms with Gasteiger partial charge >= 0.3 is 0 Å². The Morgan fingerprint density at radius 3 is 2.78 bits per heavy atom. The lowest BCUT2D eigenvalue weighted by Gasteiger charge is -2.33. The van der Waals surface area contributed by atoms with Crippen LogP contribution >= 0.6 is 0 Å². The molecule has 0 amide bonds. The predicted octanol–water partition coefficient (Wildman–Crippen LogP) is 2.19. The summed E-state index contributed by atoms with van der Waals surface area (Å²) in [7, 11) is 0. The minimum atomic E-state index is -0.601. The summed E-state index contributed by atoms with van der Waals surface area (Å²) in [5.41, 5.74) is 1.94. The van der Waals surface area contributed by atoms with Crippen LogP contribution in [-0.2, 0) is 4.74 Å². The van der Waals surface area contributed by atoms with E-state index in [-0.39, 0.29) is 6.04 Å². The first-order valence-corrected chi connectivity index (χ1v) is 6.69. The molecule has 0 saturated carbocycles. The second kappa shape index (κ2) is 5.83. The van der Waals surface area contributed by atoms with Crippen molar-refractivity contribution < 1.29 is 9.84 Å². The Hall–Kier alpha value is -0.900. The highest BCUT2D eigenvalue weighted by Crippen LogP contribution is 2.21. The molecule has 0 aromatic heterocycles. The summed E-state index contributed by atoms with van der Waals surface area (Å²) in [5, 5.41) is 13.8. The van der Waals surface area contributed by atoms with Gasteiger partial charge in [-0.1, -0.05) is 29.8 Å². The summed E-state index contributed by atoms with van der Waals surface area (Å²) in [6.45, 7) is 6.19. The third-order valence-corrected chi connectivity index (χ3v) is 3.70. The molecule has 0 spiro atoms. The van der Waals surface area contributed by atoms with Gasteiger partial charge in [-0.2, -0.15) is 0 Å². The lowest BCUT2D eigenvalue weighted by molar-refractivity contribution is -0.0626. The zero-order valence-electron chi connectivity index (χ0n) is 11.3. The number of aliphatic hydroxyl groups is 1. The molecule has 100 valence electrons. The molecular formula is C15H23NO2. The van der Waals surface area contributed by atoms with Crippen LogP contribution in [0.4, 0.5) is 0 Å². The average Bonchev–Trinajstić information content (AvgIpc) is 2.37. The third-order valence-electron chi connectivity index (χ3n) is 3.70. The minimum Gasteiger partial charge on any atom is -0.388 e. The standard InChI is InChI=1S/C15H23NO2/c1-12-4-3-5-14(10-12)13(2)16-11-15(17)6-8-18-9-7-15/h3-5,10,13,16-17H,6-9,11H2,1-2H3. The van der Waals surface area contributed by atoms with Crippen molar-refractivity contribution in [3.63, 3.8) is 0 Å². The molecule has 0 aliphatic carbocycles. The maximum atomic E-state index is 10.4. The fraction of sp³-hybridized carbons (Fsp3) is 0.600. The first kappa shape index (κ1) is 13.5. The molecule has 0 radical (unpaired) electrons. The Labute approximate surface area is 109 Å². The van der Waals surface area contributed by atoms with E-state index in [9.17, 15) is 5.11 Å². The van der Waals surface area contributed by atoms with Gasteiger partial charge in [0.05, 0.1) is 5.60 Å². The quantitative estimate of drug-likeness (QED) is 0.859. The molecule has 18 heavy (non-hydrogen) atoms. The highest BCUT2D eigenvalue weighted by molar-refractivity contribution is 5.24. The van der Waals surface area contributed by atoms with Crippen molar-refractivity contribution >= 4 is 0 Å². The fourth-order valence-electron chi connectivity index (χ4n) is 2.33. The van der Waals surface area contributed by atoms with Crippen molar-refractivity contribution in [2.24, 2.45) is 0 Å².